The predicted octanol–water partition coefficient (Wildman–Crippen LogP) is 5.45. The van der Waals surface area contributed by atoms with Crippen LogP contribution in [0.25, 0.3) is 0 Å². The second-order valence-electron chi connectivity index (χ2n) is 6.84. The lowest BCUT2D eigenvalue weighted by atomic mass is 10.1. The summed E-state index contributed by atoms with van der Waals surface area (Å²) in [5.74, 6) is 0.943. The average Bonchev–Trinajstić information content (AvgIpc) is 2.75. The van der Waals surface area contributed by atoms with Crippen molar-refractivity contribution in [1.82, 2.24) is 10.3 Å². The van der Waals surface area contributed by atoms with E-state index in [0.717, 1.165) is 22.6 Å². The van der Waals surface area contributed by atoms with Gasteiger partial charge in [0.15, 0.2) is 6.61 Å². The Morgan fingerprint density at radius 3 is 2.43 bits per heavy atom. The molecule has 0 bridgehead atoms. The van der Waals surface area contributed by atoms with Gasteiger partial charge in [0.25, 0.3) is 0 Å². The molecule has 0 amide bonds. The first-order valence-corrected chi connectivity index (χ1v) is 9.53. The Morgan fingerprint density at radius 1 is 0.933 bits per heavy atom. The number of hydrogen-bond donors (Lipinski definition) is 1. The summed E-state index contributed by atoms with van der Waals surface area (Å²) in [5.41, 5.74) is 2.73. The van der Waals surface area contributed by atoms with Crippen molar-refractivity contribution in [3.05, 3.63) is 89.7 Å². The lowest BCUT2D eigenvalue weighted by Crippen LogP contribution is -2.20. The summed E-state index contributed by atoms with van der Waals surface area (Å²) in [6, 6.07) is 20.1. The molecule has 3 rings (SSSR count). The molecular weight excluding hydrogens is 393 g/mol. The number of nitrogens with one attached hydrogen (secondary N) is 1. The van der Waals surface area contributed by atoms with Crippen LogP contribution in [0.1, 0.15) is 29.8 Å². The third kappa shape index (κ3) is 7.08. The van der Waals surface area contributed by atoms with Gasteiger partial charge in [-0.1, -0.05) is 30.3 Å². The van der Waals surface area contributed by atoms with E-state index in [4.69, 9.17) is 9.47 Å². The third-order valence-corrected chi connectivity index (χ3v) is 4.38. The highest BCUT2D eigenvalue weighted by atomic mass is 19.4. The normalized spacial score (nSPS) is 12.4. The Hall–Kier alpha value is -3.06. The molecule has 0 saturated heterocycles. The van der Waals surface area contributed by atoms with Crippen LogP contribution >= 0.6 is 0 Å². The van der Waals surface area contributed by atoms with Crippen molar-refractivity contribution in [3.8, 4) is 11.5 Å². The highest BCUT2D eigenvalue weighted by Gasteiger charge is 2.28. The van der Waals surface area contributed by atoms with Gasteiger partial charge in [0.05, 0.1) is 5.69 Å². The molecule has 30 heavy (non-hydrogen) atoms. The molecule has 0 saturated carbocycles. The Bertz CT molecular complexity index is 933. The van der Waals surface area contributed by atoms with Crippen LogP contribution in [0.3, 0.4) is 0 Å². The van der Waals surface area contributed by atoms with Gasteiger partial charge in [-0.05, 0) is 54.4 Å². The number of rotatable bonds is 9. The van der Waals surface area contributed by atoms with Crippen molar-refractivity contribution in [2.75, 3.05) is 6.61 Å². The number of hydrogen-bond acceptors (Lipinski definition) is 4. The van der Waals surface area contributed by atoms with Crippen molar-refractivity contribution in [3.63, 3.8) is 0 Å². The smallest absolute Gasteiger partial charge is 0.422 e. The van der Waals surface area contributed by atoms with Crippen molar-refractivity contribution in [2.45, 2.75) is 32.3 Å². The van der Waals surface area contributed by atoms with E-state index < -0.39 is 12.8 Å². The number of ether oxygens (including phenoxy) is 2. The van der Waals surface area contributed by atoms with E-state index in [0.29, 0.717) is 13.2 Å². The van der Waals surface area contributed by atoms with Crippen LogP contribution in [-0.4, -0.2) is 17.8 Å². The molecule has 4 nitrogen and oxygen atoms in total. The highest BCUT2D eigenvalue weighted by molar-refractivity contribution is 5.31. The molecule has 0 aliphatic heterocycles. The number of alkyl halides is 3. The molecule has 0 aliphatic carbocycles. The molecule has 158 valence electrons. The van der Waals surface area contributed by atoms with Gasteiger partial charge in [0, 0.05) is 18.8 Å². The zero-order valence-corrected chi connectivity index (χ0v) is 16.5. The first-order chi connectivity index (χ1) is 14.4. The summed E-state index contributed by atoms with van der Waals surface area (Å²) in [6.45, 7) is 1.59. The van der Waals surface area contributed by atoms with Gasteiger partial charge < -0.3 is 14.8 Å². The van der Waals surface area contributed by atoms with E-state index >= 15 is 0 Å². The minimum Gasteiger partial charge on any atom is -0.487 e. The van der Waals surface area contributed by atoms with E-state index in [2.05, 4.69) is 10.3 Å². The molecule has 1 aromatic heterocycles. The fourth-order valence-electron chi connectivity index (χ4n) is 2.81. The summed E-state index contributed by atoms with van der Waals surface area (Å²) >= 11 is 0. The molecule has 1 N–H and O–H groups in total. The molecule has 0 aliphatic rings. The first-order valence-electron chi connectivity index (χ1n) is 9.53. The van der Waals surface area contributed by atoms with Gasteiger partial charge in [0.1, 0.15) is 18.1 Å². The number of nitrogens with zero attached hydrogens (tertiary/aromatic N) is 1. The van der Waals surface area contributed by atoms with Gasteiger partial charge in [-0.25, -0.2) is 0 Å². The van der Waals surface area contributed by atoms with Gasteiger partial charge in [-0.3, -0.25) is 4.98 Å². The standard InChI is InChI=1S/C23H23F3N2O2/c1-17(28-14-18-6-4-9-21(12-18)30-16-23(24,25)26)19-7-5-10-22(13-19)29-15-20-8-2-3-11-27-20/h2-13,17,28H,14-16H2,1H3. The monoisotopic (exact) mass is 416 g/mol. The van der Waals surface area contributed by atoms with Gasteiger partial charge in [-0.2, -0.15) is 13.2 Å². The molecule has 7 heteroatoms. The van der Waals surface area contributed by atoms with Crippen LogP contribution < -0.4 is 14.8 Å². The van der Waals surface area contributed by atoms with Crippen LogP contribution in [0.2, 0.25) is 0 Å². The largest absolute Gasteiger partial charge is 0.487 e. The summed E-state index contributed by atoms with van der Waals surface area (Å²) in [5, 5.41) is 3.37. The van der Waals surface area contributed by atoms with Crippen molar-refractivity contribution < 1.29 is 22.6 Å². The highest BCUT2D eigenvalue weighted by Crippen LogP contribution is 2.22. The van der Waals surface area contributed by atoms with Crippen LogP contribution in [0, 0.1) is 0 Å². The second kappa shape index (κ2) is 10.1. The van der Waals surface area contributed by atoms with E-state index in [1.54, 1.807) is 18.3 Å². The van der Waals surface area contributed by atoms with Gasteiger partial charge in [-0.15, -0.1) is 0 Å². The third-order valence-electron chi connectivity index (χ3n) is 4.38. The van der Waals surface area contributed by atoms with Crippen LogP contribution in [0.5, 0.6) is 11.5 Å². The summed E-state index contributed by atoms with van der Waals surface area (Å²) in [6.07, 6.45) is -2.63. The molecule has 3 aromatic rings. The molecule has 1 atom stereocenters. The SMILES string of the molecule is CC(NCc1cccc(OCC(F)(F)F)c1)c1cccc(OCc2ccccn2)c1. The number of halogens is 3. The minimum absolute atomic E-state index is 0.0168. The van der Waals surface area contributed by atoms with Crippen molar-refractivity contribution in [1.29, 1.82) is 0 Å². The molecule has 0 fully saturated rings. The Kier molecular flexibility index (Phi) is 7.30. The van der Waals surface area contributed by atoms with E-state index in [9.17, 15) is 13.2 Å². The predicted molar refractivity (Wildman–Crippen MR) is 108 cm³/mol. The van der Waals surface area contributed by atoms with Gasteiger partial charge >= 0.3 is 6.18 Å². The number of benzene rings is 2. The Balaban J connectivity index is 1.54. The first kappa shape index (κ1) is 21.6. The molecule has 1 unspecified atom stereocenters. The second-order valence-corrected chi connectivity index (χ2v) is 6.84. The number of pyridine rings is 1. The topological polar surface area (TPSA) is 43.4 Å². The summed E-state index contributed by atoms with van der Waals surface area (Å²) in [4.78, 5) is 4.24. The fraction of sp³-hybridized carbons (Fsp3) is 0.261. The van der Waals surface area contributed by atoms with Crippen LogP contribution in [0.15, 0.2) is 72.9 Å². The van der Waals surface area contributed by atoms with E-state index in [-0.39, 0.29) is 11.8 Å². The number of aromatic nitrogens is 1. The lowest BCUT2D eigenvalue weighted by Gasteiger charge is -2.16. The Morgan fingerprint density at radius 2 is 1.70 bits per heavy atom. The maximum absolute atomic E-state index is 12.3. The zero-order valence-electron chi connectivity index (χ0n) is 16.5. The maximum atomic E-state index is 12.3. The van der Waals surface area contributed by atoms with Crippen molar-refractivity contribution >= 4 is 0 Å². The summed E-state index contributed by atoms with van der Waals surface area (Å²) in [7, 11) is 0. The molecule has 2 aromatic carbocycles. The molecule has 1 heterocycles. The quantitative estimate of drug-likeness (QED) is 0.504. The Labute approximate surface area is 173 Å². The zero-order chi connectivity index (χ0) is 21.4. The molecule has 0 spiro atoms. The van der Waals surface area contributed by atoms with Crippen molar-refractivity contribution in [2.24, 2.45) is 0 Å². The van der Waals surface area contributed by atoms with Crippen LogP contribution in [0.4, 0.5) is 13.2 Å². The maximum Gasteiger partial charge on any atom is 0.422 e. The summed E-state index contributed by atoms with van der Waals surface area (Å²) < 4.78 is 47.6. The minimum atomic E-state index is -4.35. The molecule has 0 radical (unpaired) electrons. The van der Waals surface area contributed by atoms with E-state index in [1.165, 1.54) is 6.07 Å². The average molecular weight is 416 g/mol. The van der Waals surface area contributed by atoms with E-state index in [1.807, 2.05) is 55.5 Å². The lowest BCUT2D eigenvalue weighted by molar-refractivity contribution is -0.153. The van der Waals surface area contributed by atoms with Gasteiger partial charge in [0.2, 0.25) is 0 Å². The molecular formula is C23H23F3N2O2. The van der Waals surface area contributed by atoms with Crippen LogP contribution in [-0.2, 0) is 13.2 Å². The fourth-order valence-corrected chi connectivity index (χ4v) is 2.81.